The number of aryl methyl sites for hydroxylation is 1. The van der Waals surface area contributed by atoms with Crippen molar-refractivity contribution >= 4 is 0 Å². The molecule has 1 atom stereocenters. The van der Waals surface area contributed by atoms with Crippen molar-refractivity contribution in [1.82, 2.24) is 5.32 Å². The molecule has 2 nitrogen and oxygen atoms in total. The lowest BCUT2D eigenvalue weighted by atomic mass is 9.99. The van der Waals surface area contributed by atoms with Crippen molar-refractivity contribution in [2.75, 3.05) is 6.54 Å². The van der Waals surface area contributed by atoms with E-state index >= 15 is 0 Å². The Kier molecular flexibility index (Phi) is 4.79. The average molecular weight is 246 g/mol. The molecule has 2 rings (SSSR count). The third-order valence-corrected chi connectivity index (χ3v) is 4.14. The molecule has 0 aromatic heterocycles. The van der Waals surface area contributed by atoms with Gasteiger partial charge in [-0.25, -0.2) is 0 Å². The van der Waals surface area contributed by atoms with Gasteiger partial charge in [-0.05, 0) is 38.2 Å². The van der Waals surface area contributed by atoms with Crippen LogP contribution >= 0.6 is 0 Å². The van der Waals surface area contributed by atoms with E-state index in [0.717, 1.165) is 19.4 Å². The molecular formula is C16H26N2. The molecule has 3 N–H and O–H groups in total. The van der Waals surface area contributed by atoms with Gasteiger partial charge in [0.1, 0.15) is 0 Å². The standard InChI is InChI=1S/C16H26N2/c1-16(11-5-6-12-16)18-13-15(17)10-9-14-7-3-2-4-8-14/h2-4,7-8,15,18H,5-6,9-13,17H2,1H3. The normalized spacial score (nSPS) is 19.9. The minimum Gasteiger partial charge on any atom is -0.327 e. The zero-order valence-corrected chi connectivity index (χ0v) is 11.5. The van der Waals surface area contributed by atoms with E-state index in [2.05, 4.69) is 42.6 Å². The third kappa shape index (κ3) is 4.11. The summed E-state index contributed by atoms with van der Waals surface area (Å²) < 4.78 is 0. The first kappa shape index (κ1) is 13.6. The molecule has 1 fully saturated rings. The topological polar surface area (TPSA) is 38.0 Å². The van der Waals surface area contributed by atoms with Crippen molar-refractivity contribution < 1.29 is 0 Å². The van der Waals surface area contributed by atoms with E-state index in [-0.39, 0.29) is 6.04 Å². The smallest absolute Gasteiger partial charge is 0.0168 e. The van der Waals surface area contributed by atoms with Gasteiger partial charge in [0.2, 0.25) is 0 Å². The summed E-state index contributed by atoms with van der Waals surface area (Å²) in [5, 5.41) is 3.67. The van der Waals surface area contributed by atoms with Gasteiger partial charge < -0.3 is 11.1 Å². The average Bonchev–Trinajstić information content (AvgIpc) is 2.83. The number of benzene rings is 1. The maximum absolute atomic E-state index is 6.20. The second-order valence-electron chi connectivity index (χ2n) is 5.93. The molecule has 18 heavy (non-hydrogen) atoms. The van der Waals surface area contributed by atoms with Gasteiger partial charge in [-0.2, -0.15) is 0 Å². The highest BCUT2D eigenvalue weighted by Crippen LogP contribution is 2.28. The Morgan fingerprint density at radius 3 is 2.56 bits per heavy atom. The van der Waals surface area contributed by atoms with Crippen LogP contribution in [0.1, 0.15) is 44.6 Å². The molecule has 1 aromatic rings. The second kappa shape index (κ2) is 6.35. The van der Waals surface area contributed by atoms with Gasteiger partial charge in [0, 0.05) is 18.1 Å². The Hall–Kier alpha value is -0.860. The zero-order valence-electron chi connectivity index (χ0n) is 11.5. The van der Waals surface area contributed by atoms with Gasteiger partial charge in [-0.3, -0.25) is 0 Å². The van der Waals surface area contributed by atoms with Crippen LogP contribution in [0.4, 0.5) is 0 Å². The molecule has 0 bridgehead atoms. The SMILES string of the molecule is CC1(NCC(N)CCc2ccccc2)CCCC1. The molecule has 0 amide bonds. The van der Waals surface area contributed by atoms with Crippen LogP contribution in [0.15, 0.2) is 30.3 Å². The fourth-order valence-electron chi connectivity index (χ4n) is 2.81. The van der Waals surface area contributed by atoms with Crippen LogP contribution in [0, 0.1) is 0 Å². The molecule has 1 saturated carbocycles. The van der Waals surface area contributed by atoms with Crippen molar-refractivity contribution in [2.45, 2.75) is 57.0 Å². The molecule has 100 valence electrons. The Labute approximate surface area is 111 Å². The number of rotatable bonds is 6. The number of nitrogens with one attached hydrogen (secondary N) is 1. The molecular weight excluding hydrogens is 220 g/mol. The predicted molar refractivity (Wildman–Crippen MR) is 77.6 cm³/mol. The van der Waals surface area contributed by atoms with E-state index in [9.17, 15) is 0 Å². The number of nitrogens with two attached hydrogens (primary N) is 1. The van der Waals surface area contributed by atoms with Crippen LogP contribution < -0.4 is 11.1 Å². The first-order chi connectivity index (χ1) is 8.68. The summed E-state index contributed by atoms with van der Waals surface area (Å²) in [6.45, 7) is 3.28. The van der Waals surface area contributed by atoms with Crippen molar-refractivity contribution in [2.24, 2.45) is 5.73 Å². The van der Waals surface area contributed by atoms with Gasteiger partial charge in [0.15, 0.2) is 0 Å². The van der Waals surface area contributed by atoms with E-state index in [4.69, 9.17) is 5.73 Å². The first-order valence-electron chi connectivity index (χ1n) is 7.22. The van der Waals surface area contributed by atoms with Crippen LogP contribution in [0.2, 0.25) is 0 Å². The molecule has 2 heteroatoms. The molecule has 0 spiro atoms. The Morgan fingerprint density at radius 1 is 1.22 bits per heavy atom. The molecule has 0 heterocycles. The zero-order chi connectivity index (χ0) is 12.8. The molecule has 1 aliphatic carbocycles. The maximum atomic E-state index is 6.20. The van der Waals surface area contributed by atoms with Gasteiger partial charge in [-0.1, -0.05) is 43.2 Å². The lowest BCUT2D eigenvalue weighted by molar-refractivity contribution is 0.348. The summed E-state index contributed by atoms with van der Waals surface area (Å²) in [7, 11) is 0. The molecule has 1 unspecified atom stereocenters. The highest BCUT2D eigenvalue weighted by atomic mass is 15.0. The van der Waals surface area contributed by atoms with Gasteiger partial charge in [0.25, 0.3) is 0 Å². The summed E-state index contributed by atoms with van der Waals surface area (Å²) in [4.78, 5) is 0. The summed E-state index contributed by atoms with van der Waals surface area (Å²) >= 11 is 0. The van der Waals surface area contributed by atoms with E-state index in [0.29, 0.717) is 5.54 Å². The monoisotopic (exact) mass is 246 g/mol. The van der Waals surface area contributed by atoms with Crippen LogP contribution in [0.3, 0.4) is 0 Å². The third-order valence-electron chi connectivity index (χ3n) is 4.14. The molecule has 0 aliphatic heterocycles. The molecule has 1 aromatic carbocycles. The van der Waals surface area contributed by atoms with Crippen LogP contribution in [-0.4, -0.2) is 18.1 Å². The van der Waals surface area contributed by atoms with Crippen LogP contribution in [0.5, 0.6) is 0 Å². The first-order valence-corrected chi connectivity index (χ1v) is 7.22. The van der Waals surface area contributed by atoms with Crippen molar-refractivity contribution in [3.05, 3.63) is 35.9 Å². The van der Waals surface area contributed by atoms with Crippen molar-refractivity contribution in [1.29, 1.82) is 0 Å². The maximum Gasteiger partial charge on any atom is 0.0168 e. The van der Waals surface area contributed by atoms with Gasteiger partial charge in [0.05, 0.1) is 0 Å². The minimum atomic E-state index is 0.266. The van der Waals surface area contributed by atoms with Crippen LogP contribution in [0.25, 0.3) is 0 Å². The highest BCUT2D eigenvalue weighted by Gasteiger charge is 2.27. The van der Waals surface area contributed by atoms with E-state index < -0.39 is 0 Å². The summed E-state index contributed by atoms with van der Waals surface area (Å²) in [5.41, 5.74) is 7.94. The predicted octanol–water partition coefficient (Wildman–Crippen LogP) is 2.87. The number of hydrogen-bond donors (Lipinski definition) is 2. The molecule has 0 saturated heterocycles. The number of hydrogen-bond acceptors (Lipinski definition) is 2. The Bertz CT molecular complexity index is 341. The largest absolute Gasteiger partial charge is 0.327 e. The van der Waals surface area contributed by atoms with E-state index in [1.54, 1.807) is 0 Å². The molecule has 0 radical (unpaired) electrons. The van der Waals surface area contributed by atoms with Gasteiger partial charge >= 0.3 is 0 Å². The summed E-state index contributed by atoms with van der Waals surface area (Å²) in [6, 6.07) is 10.9. The van der Waals surface area contributed by atoms with E-state index in [1.165, 1.54) is 31.2 Å². The fraction of sp³-hybridized carbons (Fsp3) is 0.625. The highest BCUT2D eigenvalue weighted by molar-refractivity contribution is 5.14. The summed E-state index contributed by atoms with van der Waals surface area (Å²) in [5.74, 6) is 0. The van der Waals surface area contributed by atoms with Crippen molar-refractivity contribution in [3.8, 4) is 0 Å². The van der Waals surface area contributed by atoms with Gasteiger partial charge in [-0.15, -0.1) is 0 Å². The molecule has 1 aliphatic rings. The summed E-state index contributed by atoms with van der Waals surface area (Å²) in [6.07, 6.45) is 7.48. The lowest BCUT2D eigenvalue weighted by Crippen LogP contribution is -2.46. The van der Waals surface area contributed by atoms with Crippen molar-refractivity contribution in [3.63, 3.8) is 0 Å². The quantitative estimate of drug-likeness (QED) is 0.810. The second-order valence-corrected chi connectivity index (χ2v) is 5.93. The fourth-order valence-corrected chi connectivity index (χ4v) is 2.81. The van der Waals surface area contributed by atoms with E-state index in [1.807, 2.05) is 0 Å². The minimum absolute atomic E-state index is 0.266. The van der Waals surface area contributed by atoms with Crippen LogP contribution in [-0.2, 0) is 6.42 Å². The Balaban J connectivity index is 1.67. The lowest BCUT2D eigenvalue weighted by Gasteiger charge is -2.27. The Morgan fingerprint density at radius 2 is 1.89 bits per heavy atom.